The Hall–Kier alpha value is -1.33. The van der Waals surface area contributed by atoms with Gasteiger partial charge < -0.3 is 22.0 Å². The topological polar surface area (TPSA) is 96.7 Å². The standard InChI is InChI=1S/C7H8Cl2N4O/c8-4-1-3(14)2-5(9)6(4)12-7(10)13-11/h1-2,14H,11H2,(H3,10,12,13). The molecule has 0 bridgehead atoms. The van der Waals surface area contributed by atoms with Crippen LogP contribution in [0.1, 0.15) is 0 Å². The third-order valence-electron chi connectivity index (χ3n) is 1.42. The molecule has 1 aromatic rings. The van der Waals surface area contributed by atoms with E-state index in [-0.39, 0.29) is 21.8 Å². The summed E-state index contributed by atoms with van der Waals surface area (Å²) in [5.41, 5.74) is 5.66. The molecule has 0 aliphatic rings. The highest BCUT2D eigenvalue weighted by Crippen LogP contribution is 2.33. The maximum atomic E-state index is 9.13. The quantitative estimate of drug-likeness (QED) is 0.194. The van der Waals surface area contributed by atoms with Crippen molar-refractivity contribution in [1.82, 2.24) is 0 Å². The van der Waals surface area contributed by atoms with Crippen molar-refractivity contribution in [3.8, 4) is 5.75 Å². The highest BCUT2D eigenvalue weighted by atomic mass is 35.5. The zero-order valence-electron chi connectivity index (χ0n) is 6.96. The van der Waals surface area contributed by atoms with Gasteiger partial charge in [0.25, 0.3) is 0 Å². The molecule has 0 saturated heterocycles. The molecule has 0 aliphatic carbocycles. The minimum absolute atomic E-state index is 0.0283. The lowest BCUT2D eigenvalue weighted by Gasteiger charge is -2.09. The van der Waals surface area contributed by atoms with E-state index in [1.165, 1.54) is 12.1 Å². The lowest BCUT2D eigenvalue weighted by atomic mass is 10.3. The van der Waals surface area contributed by atoms with E-state index in [1.54, 1.807) is 0 Å². The van der Waals surface area contributed by atoms with Gasteiger partial charge in [-0.2, -0.15) is 0 Å². The number of rotatable bonds is 1. The van der Waals surface area contributed by atoms with E-state index in [2.05, 4.69) is 10.4 Å². The number of guanidine groups is 1. The van der Waals surface area contributed by atoms with Crippen LogP contribution >= 0.6 is 23.2 Å². The number of halogens is 2. The van der Waals surface area contributed by atoms with Gasteiger partial charge in [-0.1, -0.05) is 23.2 Å². The minimum Gasteiger partial charge on any atom is -0.508 e. The molecule has 0 atom stereocenters. The fourth-order valence-electron chi connectivity index (χ4n) is 0.840. The Morgan fingerprint density at radius 3 is 2.29 bits per heavy atom. The highest BCUT2D eigenvalue weighted by Gasteiger charge is 2.08. The van der Waals surface area contributed by atoms with Gasteiger partial charge in [-0.05, 0) is 0 Å². The third kappa shape index (κ3) is 2.34. The van der Waals surface area contributed by atoms with Crippen molar-refractivity contribution in [1.29, 1.82) is 0 Å². The number of nitrogens with zero attached hydrogens (tertiary/aromatic N) is 1. The van der Waals surface area contributed by atoms with Crippen molar-refractivity contribution >= 4 is 34.8 Å². The Kier molecular flexibility index (Phi) is 3.27. The van der Waals surface area contributed by atoms with Gasteiger partial charge in [-0.3, -0.25) is 0 Å². The zero-order valence-corrected chi connectivity index (χ0v) is 8.47. The average Bonchev–Trinajstić information content (AvgIpc) is 2.10. The number of hydrogen-bond acceptors (Lipinski definition) is 3. The lowest BCUT2D eigenvalue weighted by Crippen LogP contribution is -2.24. The Labute approximate surface area is 90.3 Å². The Bertz CT molecular complexity index is 357. The molecule has 1 aromatic carbocycles. The largest absolute Gasteiger partial charge is 0.508 e. The zero-order chi connectivity index (χ0) is 10.7. The SMILES string of the molecule is N/N=C(\N)Nc1c(Cl)cc(O)cc1Cl. The fraction of sp³-hybridized carbons (Fsp3) is 0. The monoisotopic (exact) mass is 234 g/mol. The fourth-order valence-corrected chi connectivity index (χ4v) is 1.41. The van der Waals surface area contributed by atoms with Crippen molar-refractivity contribution in [2.45, 2.75) is 0 Å². The summed E-state index contributed by atoms with van der Waals surface area (Å²) < 4.78 is 0. The average molecular weight is 235 g/mol. The molecule has 0 spiro atoms. The number of hydrogen-bond donors (Lipinski definition) is 4. The molecule has 7 heteroatoms. The van der Waals surface area contributed by atoms with Gasteiger partial charge in [0.15, 0.2) is 0 Å². The molecule has 0 amide bonds. The predicted octanol–water partition coefficient (Wildman–Crippen LogP) is 1.30. The molecule has 0 fully saturated rings. The van der Waals surface area contributed by atoms with Gasteiger partial charge >= 0.3 is 0 Å². The van der Waals surface area contributed by atoms with Crippen molar-refractivity contribution in [2.75, 3.05) is 5.32 Å². The van der Waals surface area contributed by atoms with Crippen LogP contribution in [-0.4, -0.2) is 11.1 Å². The molecule has 0 unspecified atom stereocenters. The Balaban J connectivity index is 3.09. The molecule has 0 saturated carbocycles. The Morgan fingerprint density at radius 2 is 1.86 bits per heavy atom. The normalized spacial score (nSPS) is 11.4. The minimum atomic E-state index is -0.0335. The number of hydrazone groups is 1. The number of aromatic hydroxyl groups is 1. The van der Waals surface area contributed by atoms with Gasteiger partial charge in [-0.15, -0.1) is 5.10 Å². The van der Waals surface area contributed by atoms with E-state index in [9.17, 15) is 0 Å². The van der Waals surface area contributed by atoms with Gasteiger partial charge in [0.1, 0.15) is 5.75 Å². The number of phenolic OH excluding ortho intramolecular Hbond substituents is 1. The van der Waals surface area contributed by atoms with Crippen LogP contribution in [0.5, 0.6) is 5.75 Å². The number of benzene rings is 1. The molecule has 0 radical (unpaired) electrons. The lowest BCUT2D eigenvalue weighted by molar-refractivity contribution is 0.475. The molecule has 0 aromatic heterocycles. The molecule has 5 nitrogen and oxygen atoms in total. The van der Waals surface area contributed by atoms with Gasteiger partial charge in [-0.25, -0.2) is 0 Å². The first kappa shape index (κ1) is 10.7. The van der Waals surface area contributed by atoms with Crippen LogP contribution < -0.4 is 16.9 Å². The van der Waals surface area contributed by atoms with Crippen molar-refractivity contribution in [3.63, 3.8) is 0 Å². The molecular weight excluding hydrogens is 227 g/mol. The molecule has 1 rings (SSSR count). The highest BCUT2D eigenvalue weighted by molar-refractivity contribution is 6.40. The van der Waals surface area contributed by atoms with Gasteiger partial charge in [0.2, 0.25) is 5.96 Å². The third-order valence-corrected chi connectivity index (χ3v) is 2.02. The van der Waals surface area contributed by atoms with Crippen LogP contribution in [0, 0.1) is 0 Å². The van der Waals surface area contributed by atoms with Gasteiger partial charge in [0, 0.05) is 12.1 Å². The second kappa shape index (κ2) is 4.26. The maximum Gasteiger partial charge on any atom is 0.215 e. The molecule has 0 aliphatic heterocycles. The van der Waals surface area contributed by atoms with E-state index >= 15 is 0 Å². The summed E-state index contributed by atoms with van der Waals surface area (Å²) in [4.78, 5) is 0. The second-order valence-corrected chi connectivity index (χ2v) is 3.24. The number of nitrogens with one attached hydrogen (secondary N) is 1. The van der Waals surface area contributed by atoms with Crippen LogP contribution in [0.4, 0.5) is 5.69 Å². The molecule has 6 N–H and O–H groups in total. The first-order valence-electron chi connectivity index (χ1n) is 3.53. The van der Waals surface area contributed by atoms with Crippen molar-refractivity contribution < 1.29 is 5.11 Å². The van der Waals surface area contributed by atoms with E-state index in [1.807, 2.05) is 0 Å². The summed E-state index contributed by atoms with van der Waals surface area (Å²) in [7, 11) is 0. The molecule has 76 valence electrons. The number of phenols is 1. The molecule has 0 heterocycles. The summed E-state index contributed by atoms with van der Waals surface area (Å²) in [6.45, 7) is 0. The summed E-state index contributed by atoms with van der Waals surface area (Å²) in [6.07, 6.45) is 0. The Morgan fingerprint density at radius 1 is 1.36 bits per heavy atom. The molecule has 14 heavy (non-hydrogen) atoms. The predicted molar refractivity (Wildman–Crippen MR) is 57.6 cm³/mol. The van der Waals surface area contributed by atoms with E-state index in [0.29, 0.717) is 5.69 Å². The number of anilines is 1. The summed E-state index contributed by atoms with van der Waals surface area (Å²) in [5.74, 6) is 4.85. The first-order valence-corrected chi connectivity index (χ1v) is 4.28. The van der Waals surface area contributed by atoms with Crippen LogP contribution in [0.3, 0.4) is 0 Å². The van der Waals surface area contributed by atoms with E-state index in [4.69, 9.17) is 39.9 Å². The first-order chi connectivity index (χ1) is 6.54. The van der Waals surface area contributed by atoms with Crippen LogP contribution in [0.15, 0.2) is 17.2 Å². The maximum absolute atomic E-state index is 9.13. The number of nitrogens with two attached hydrogens (primary N) is 2. The van der Waals surface area contributed by atoms with Crippen molar-refractivity contribution in [3.05, 3.63) is 22.2 Å². The van der Waals surface area contributed by atoms with E-state index < -0.39 is 0 Å². The smallest absolute Gasteiger partial charge is 0.215 e. The van der Waals surface area contributed by atoms with Crippen molar-refractivity contribution in [2.24, 2.45) is 16.7 Å². The molecular formula is C7H8Cl2N4O. The van der Waals surface area contributed by atoms with Gasteiger partial charge in [0.05, 0.1) is 15.7 Å². The van der Waals surface area contributed by atoms with E-state index in [0.717, 1.165) is 0 Å². The van der Waals surface area contributed by atoms with Crippen LogP contribution in [0.25, 0.3) is 0 Å². The van der Waals surface area contributed by atoms with Crippen LogP contribution in [-0.2, 0) is 0 Å². The summed E-state index contributed by atoms with van der Waals surface area (Å²) in [5, 5.41) is 15.3. The second-order valence-electron chi connectivity index (χ2n) is 2.42. The summed E-state index contributed by atoms with van der Waals surface area (Å²) >= 11 is 11.6. The summed E-state index contributed by atoms with van der Waals surface area (Å²) in [6, 6.07) is 2.64. The van der Waals surface area contributed by atoms with Crippen LogP contribution in [0.2, 0.25) is 10.0 Å².